The Bertz CT molecular complexity index is 611. The average molecular weight is 438 g/mol. The van der Waals surface area contributed by atoms with Gasteiger partial charge in [-0.15, -0.1) is 24.0 Å². The summed E-state index contributed by atoms with van der Waals surface area (Å²) >= 11 is 0. The summed E-state index contributed by atoms with van der Waals surface area (Å²) in [5.41, 5.74) is 9.36. The van der Waals surface area contributed by atoms with E-state index >= 15 is 0 Å². The number of halogens is 1. The van der Waals surface area contributed by atoms with Crippen LogP contribution in [0.3, 0.4) is 0 Å². The van der Waals surface area contributed by atoms with Crippen LogP contribution in [-0.4, -0.2) is 26.1 Å². The minimum atomic E-state index is 0. The van der Waals surface area contributed by atoms with Crippen LogP contribution >= 0.6 is 24.0 Å². The van der Waals surface area contributed by atoms with Crippen molar-refractivity contribution in [3.05, 3.63) is 60.2 Å². The zero-order valence-corrected chi connectivity index (χ0v) is 16.7. The molecule has 0 aliphatic carbocycles. The number of nitrogens with two attached hydrogens (primary N) is 1. The largest absolute Gasteiger partial charge is 0.375 e. The lowest BCUT2D eigenvalue weighted by Gasteiger charge is -2.18. The van der Waals surface area contributed by atoms with Gasteiger partial charge in [-0.05, 0) is 44.0 Å². The Kier molecular flexibility index (Phi) is 9.22. The fourth-order valence-electron chi connectivity index (χ4n) is 2.30. The number of benzene rings is 2. The molecule has 2 rings (SSSR count). The Morgan fingerprint density at radius 1 is 1.04 bits per heavy atom. The molecular formula is C19H27IN4. The number of aryl methyl sites for hydroxylation is 1. The van der Waals surface area contributed by atoms with E-state index in [0.29, 0.717) is 5.96 Å². The van der Waals surface area contributed by atoms with E-state index in [0.717, 1.165) is 31.6 Å². The molecule has 0 unspecified atom stereocenters. The summed E-state index contributed by atoms with van der Waals surface area (Å²) in [5.74, 6) is 0.477. The predicted octanol–water partition coefficient (Wildman–Crippen LogP) is 4.26. The average Bonchev–Trinajstić information content (AvgIpc) is 2.57. The van der Waals surface area contributed by atoms with Crippen molar-refractivity contribution in [2.45, 2.75) is 19.8 Å². The molecule has 0 fully saturated rings. The first-order valence-corrected chi connectivity index (χ1v) is 8.05. The van der Waals surface area contributed by atoms with Crippen molar-refractivity contribution in [1.29, 1.82) is 0 Å². The number of aliphatic imine (C=N–C) groups is 1. The molecule has 0 spiro atoms. The number of unbranched alkanes of at least 4 members (excludes halogenated alkanes) is 1. The zero-order valence-electron chi connectivity index (χ0n) is 14.4. The standard InChI is InChI=1S/C19H26N4.HI/c1-16-10-12-17(13-11-16)22-19(20)21-14-6-7-15-23(2)18-8-4-3-5-9-18;/h3-5,8-13H,6-7,14-15H2,1-2H3,(H3,20,21,22);1H. The Morgan fingerprint density at radius 3 is 2.38 bits per heavy atom. The van der Waals surface area contributed by atoms with E-state index in [1.165, 1.54) is 11.3 Å². The van der Waals surface area contributed by atoms with Gasteiger partial charge in [-0.25, -0.2) is 0 Å². The predicted molar refractivity (Wildman–Crippen MR) is 116 cm³/mol. The van der Waals surface area contributed by atoms with E-state index in [-0.39, 0.29) is 24.0 Å². The van der Waals surface area contributed by atoms with Crippen molar-refractivity contribution >= 4 is 41.3 Å². The summed E-state index contributed by atoms with van der Waals surface area (Å²) in [5, 5.41) is 3.11. The summed E-state index contributed by atoms with van der Waals surface area (Å²) in [6.07, 6.45) is 2.11. The first-order chi connectivity index (χ1) is 11.1. The van der Waals surface area contributed by atoms with Gasteiger partial charge in [0, 0.05) is 31.5 Å². The maximum Gasteiger partial charge on any atom is 0.193 e. The molecule has 0 saturated heterocycles. The summed E-state index contributed by atoms with van der Waals surface area (Å²) in [6.45, 7) is 3.83. The second kappa shape index (κ2) is 10.9. The van der Waals surface area contributed by atoms with Gasteiger partial charge in [0.2, 0.25) is 0 Å². The highest BCUT2D eigenvalue weighted by Crippen LogP contribution is 2.11. The third-order valence-corrected chi connectivity index (χ3v) is 3.70. The van der Waals surface area contributed by atoms with Gasteiger partial charge in [0.15, 0.2) is 5.96 Å². The Hall–Kier alpha value is -1.76. The molecule has 0 heterocycles. The molecule has 0 saturated carbocycles. The van der Waals surface area contributed by atoms with Gasteiger partial charge in [-0.2, -0.15) is 0 Å². The molecule has 0 radical (unpaired) electrons. The van der Waals surface area contributed by atoms with Crippen LogP contribution in [0.5, 0.6) is 0 Å². The monoisotopic (exact) mass is 438 g/mol. The number of hydrogen-bond donors (Lipinski definition) is 2. The SMILES string of the molecule is Cc1ccc(NC(N)=NCCCCN(C)c2ccccc2)cc1.I. The van der Waals surface area contributed by atoms with Gasteiger partial charge >= 0.3 is 0 Å². The Balaban J connectivity index is 0.00000288. The van der Waals surface area contributed by atoms with E-state index in [2.05, 4.69) is 65.6 Å². The molecule has 0 atom stereocenters. The van der Waals surface area contributed by atoms with E-state index in [4.69, 9.17) is 5.73 Å². The molecular weight excluding hydrogens is 411 g/mol. The highest BCUT2D eigenvalue weighted by atomic mass is 127. The number of guanidine groups is 1. The molecule has 3 N–H and O–H groups in total. The molecule has 24 heavy (non-hydrogen) atoms. The smallest absolute Gasteiger partial charge is 0.193 e. The van der Waals surface area contributed by atoms with Crippen molar-refractivity contribution < 1.29 is 0 Å². The molecule has 0 aliphatic heterocycles. The minimum Gasteiger partial charge on any atom is -0.375 e. The molecule has 0 aliphatic rings. The van der Waals surface area contributed by atoms with Crippen molar-refractivity contribution in [1.82, 2.24) is 0 Å². The fraction of sp³-hybridized carbons (Fsp3) is 0.316. The first-order valence-electron chi connectivity index (χ1n) is 8.05. The number of nitrogens with zero attached hydrogens (tertiary/aromatic N) is 2. The molecule has 0 amide bonds. The Morgan fingerprint density at radius 2 is 1.71 bits per heavy atom. The van der Waals surface area contributed by atoms with Crippen molar-refractivity contribution in [2.24, 2.45) is 10.7 Å². The zero-order chi connectivity index (χ0) is 16.5. The van der Waals surface area contributed by atoms with Crippen molar-refractivity contribution in [2.75, 3.05) is 30.4 Å². The molecule has 2 aromatic rings. The molecule has 5 heteroatoms. The van der Waals surface area contributed by atoms with Crippen LogP contribution in [0, 0.1) is 6.92 Å². The second-order valence-corrected chi connectivity index (χ2v) is 5.72. The third-order valence-electron chi connectivity index (χ3n) is 3.70. The minimum absolute atomic E-state index is 0. The van der Waals surface area contributed by atoms with Gasteiger partial charge in [-0.3, -0.25) is 4.99 Å². The van der Waals surface area contributed by atoms with Gasteiger partial charge in [0.25, 0.3) is 0 Å². The topological polar surface area (TPSA) is 53.6 Å². The van der Waals surface area contributed by atoms with Crippen LogP contribution in [0.1, 0.15) is 18.4 Å². The van der Waals surface area contributed by atoms with E-state index in [1.807, 2.05) is 18.2 Å². The number of rotatable bonds is 7. The van der Waals surface area contributed by atoms with Crippen LogP contribution in [0.2, 0.25) is 0 Å². The van der Waals surface area contributed by atoms with Crippen molar-refractivity contribution in [3.63, 3.8) is 0 Å². The van der Waals surface area contributed by atoms with E-state index in [9.17, 15) is 0 Å². The van der Waals surface area contributed by atoms with Crippen LogP contribution in [0.15, 0.2) is 59.6 Å². The molecule has 0 aromatic heterocycles. The van der Waals surface area contributed by atoms with Crippen LogP contribution in [0.25, 0.3) is 0 Å². The maximum atomic E-state index is 5.91. The molecule has 130 valence electrons. The normalized spacial score (nSPS) is 10.8. The van der Waals surface area contributed by atoms with Crippen LogP contribution in [-0.2, 0) is 0 Å². The highest BCUT2D eigenvalue weighted by molar-refractivity contribution is 14.0. The number of para-hydroxylation sites is 1. The number of nitrogens with one attached hydrogen (secondary N) is 1. The van der Waals surface area contributed by atoms with Gasteiger partial charge < -0.3 is 16.0 Å². The highest BCUT2D eigenvalue weighted by Gasteiger charge is 1.99. The molecule has 4 nitrogen and oxygen atoms in total. The first kappa shape index (κ1) is 20.3. The second-order valence-electron chi connectivity index (χ2n) is 5.72. The lowest BCUT2D eigenvalue weighted by Crippen LogP contribution is -2.23. The van der Waals surface area contributed by atoms with Gasteiger partial charge in [-0.1, -0.05) is 35.9 Å². The van der Waals surface area contributed by atoms with Crippen molar-refractivity contribution in [3.8, 4) is 0 Å². The summed E-state index contributed by atoms with van der Waals surface area (Å²) < 4.78 is 0. The molecule has 0 bridgehead atoms. The van der Waals surface area contributed by atoms with Crippen LogP contribution < -0.4 is 16.0 Å². The van der Waals surface area contributed by atoms with Crippen LogP contribution in [0.4, 0.5) is 11.4 Å². The number of anilines is 2. The third kappa shape index (κ3) is 7.21. The molecule has 2 aromatic carbocycles. The lowest BCUT2D eigenvalue weighted by atomic mass is 10.2. The maximum absolute atomic E-state index is 5.91. The number of hydrogen-bond acceptors (Lipinski definition) is 2. The van der Waals surface area contributed by atoms with Gasteiger partial charge in [0.05, 0.1) is 0 Å². The van der Waals surface area contributed by atoms with Gasteiger partial charge in [0.1, 0.15) is 0 Å². The Labute approximate surface area is 162 Å². The summed E-state index contributed by atoms with van der Waals surface area (Å²) in [4.78, 5) is 6.64. The van der Waals surface area contributed by atoms with E-state index in [1.54, 1.807) is 0 Å². The lowest BCUT2D eigenvalue weighted by molar-refractivity contribution is 0.728. The van der Waals surface area contributed by atoms with E-state index < -0.39 is 0 Å². The summed E-state index contributed by atoms with van der Waals surface area (Å²) in [6, 6.07) is 18.5. The fourth-order valence-corrected chi connectivity index (χ4v) is 2.30. The quantitative estimate of drug-likeness (QED) is 0.294. The summed E-state index contributed by atoms with van der Waals surface area (Å²) in [7, 11) is 2.12.